The largest absolute Gasteiger partial charge is 0.391 e. The van der Waals surface area contributed by atoms with E-state index in [0.29, 0.717) is 11.7 Å². The van der Waals surface area contributed by atoms with Gasteiger partial charge in [0, 0.05) is 42.8 Å². The van der Waals surface area contributed by atoms with Gasteiger partial charge in [0.05, 0.1) is 17.7 Å². The van der Waals surface area contributed by atoms with E-state index in [4.69, 9.17) is 5.73 Å². The van der Waals surface area contributed by atoms with E-state index in [9.17, 15) is 5.11 Å². The zero-order chi connectivity index (χ0) is 17.2. The zero-order valence-corrected chi connectivity index (χ0v) is 15.4. The third-order valence-corrected chi connectivity index (χ3v) is 7.21. The molecule has 3 N–H and O–H groups in total. The van der Waals surface area contributed by atoms with E-state index in [1.54, 1.807) is 0 Å². The summed E-state index contributed by atoms with van der Waals surface area (Å²) >= 11 is 2.08. The number of fused-ring (bicyclic) bond motifs is 1. The Labute approximate surface area is 153 Å². The van der Waals surface area contributed by atoms with Gasteiger partial charge in [-0.05, 0) is 12.8 Å². The van der Waals surface area contributed by atoms with Crippen LogP contribution >= 0.6 is 11.8 Å². The van der Waals surface area contributed by atoms with Gasteiger partial charge in [0.25, 0.3) is 0 Å². The van der Waals surface area contributed by atoms with Gasteiger partial charge in [0.2, 0.25) is 0 Å². The first-order chi connectivity index (χ1) is 12.2. The number of aliphatic imine (C=N–C) groups is 1. The Morgan fingerprint density at radius 2 is 2.04 bits per heavy atom. The molecular formula is C18H27N5OS. The Morgan fingerprint density at radius 1 is 1.20 bits per heavy atom. The van der Waals surface area contributed by atoms with Crippen molar-refractivity contribution in [2.45, 2.75) is 49.4 Å². The van der Waals surface area contributed by atoms with E-state index in [-0.39, 0.29) is 12.0 Å². The third-order valence-electron chi connectivity index (χ3n) is 5.65. The normalized spacial score (nSPS) is 30.0. The van der Waals surface area contributed by atoms with Crippen LogP contribution < -0.4 is 5.73 Å². The van der Waals surface area contributed by atoms with E-state index < -0.39 is 0 Å². The molecule has 0 aromatic carbocycles. The fourth-order valence-electron chi connectivity index (χ4n) is 4.20. The molecule has 25 heavy (non-hydrogen) atoms. The molecule has 7 heteroatoms. The molecule has 1 saturated carbocycles. The van der Waals surface area contributed by atoms with Crippen molar-refractivity contribution >= 4 is 29.5 Å². The molecule has 1 aliphatic carbocycles. The lowest BCUT2D eigenvalue weighted by molar-refractivity contribution is 0.149. The van der Waals surface area contributed by atoms with Gasteiger partial charge in [-0.3, -0.25) is 9.89 Å². The minimum atomic E-state index is -0.218. The molecule has 3 atom stereocenters. The highest BCUT2D eigenvalue weighted by atomic mass is 32.2. The Hall–Kier alpha value is -1.18. The average molecular weight is 362 g/mol. The highest BCUT2D eigenvalue weighted by Gasteiger charge is 2.34. The van der Waals surface area contributed by atoms with Crippen molar-refractivity contribution < 1.29 is 5.11 Å². The molecule has 136 valence electrons. The van der Waals surface area contributed by atoms with Crippen molar-refractivity contribution in [3.05, 3.63) is 12.0 Å². The summed E-state index contributed by atoms with van der Waals surface area (Å²) in [6, 6.07) is 0. The Kier molecular flexibility index (Phi) is 5.24. The third kappa shape index (κ3) is 3.83. The quantitative estimate of drug-likeness (QED) is 0.836. The second kappa shape index (κ2) is 7.60. The number of nitrogen functional groups attached to an aromatic ring is 1. The summed E-state index contributed by atoms with van der Waals surface area (Å²) in [6.45, 7) is 2.55. The standard InChI is InChI=1S/C18H27N5OS/c19-18-17-16(21-11-22-18)12(6-20-17)7-23-8-13(15(24)9-23)10-25-14-4-2-1-3-5-14/h6,11-15,24H,1-5,7-10H2,(H2,19,21,22)/t12?,13-,15+/m1/s1. The Balaban J connectivity index is 1.30. The monoisotopic (exact) mass is 361 g/mol. The first kappa shape index (κ1) is 17.2. The first-order valence-electron chi connectivity index (χ1n) is 9.37. The van der Waals surface area contributed by atoms with Crippen molar-refractivity contribution in [1.82, 2.24) is 14.9 Å². The van der Waals surface area contributed by atoms with Crippen LogP contribution in [-0.4, -0.2) is 62.9 Å². The van der Waals surface area contributed by atoms with Crippen molar-refractivity contribution in [2.75, 3.05) is 31.1 Å². The molecule has 4 rings (SSSR count). The number of nitrogens with two attached hydrogens (primary N) is 1. The molecule has 1 aromatic heterocycles. The summed E-state index contributed by atoms with van der Waals surface area (Å²) < 4.78 is 0. The summed E-state index contributed by atoms with van der Waals surface area (Å²) in [5.74, 6) is 2.05. The number of anilines is 1. The van der Waals surface area contributed by atoms with Crippen molar-refractivity contribution in [3.63, 3.8) is 0 Å². The maximum atomic E-state index is 10.5. The molecule has 1 saturated heterocycles. The predicted octanol–water partition coefficient (Wildman–Crippen LogP) is 2.22. The number of likely N-dealkylation sites (tertiary alicyclic amines) is 1. The van der Waals surface area contributed by atoms with Gasteiger partial charge in [0.15, 0.2) is 5.82 Å². The molecule has 6 nitrogen and oxygen atoms in total. The number of rotatable bonds is 5. The molecule has 0 amide bonds. The van der Waals surface area contributed by atoms with Gasteiger partial charge in [-0.25, -0.2) is 9.97 Å². The lowest BCUT2D eigenvalue weighted by Gasteiger charge is -2.23. The molecule has 2 fully saturated rings. The van der Waals surface area contributed by atoms with Gasteiger partial charge in [-0.15, -0.1) is 0 Å². The van der Waals surface area contributed by atoms with Crippen LogP contribution in [0.5, 0.6) is 0 Å². The zero-order valence-electron chi connectivity index (χ0n) is 14.5. The van der Waals surface area contributed by atoms with Gasteiger partial charge < -0.3 is 10.8 Å². The molecule has 3 heterocycles. The van der Waals surface area contributed by atoms with Crippen molar-refractivity contribution in [3.8, 4) is 0 Å². The average Bonchev–Trinajstić information content (AvgIpc) is 3.19. The lowest BCUT2D eigenvalue weighted by Crippen LogP contribution is -2.27. The number of hydrogen-bond donors (Lipinski definition) is 2. The van der Waals surface area contributed by atoms with Crippen LogP contribution in [0.1, 0.15) is 43.7 Å². The number of hydrogen-bond acceptors (Lipinski definition) is 7. The van der Waals surface area contributed by atoms with Crippen LogP contribution in [-0.2, 0) is 0 Å². The summed E-state index contributed by atoms with van der Waals surface area (Å²) in [4.78, 5) is 15.1. The molecule has 0 spiro atoms. The van der Waals surface area contributed by atoms with Crippen LogP contribution in [0.25, 0.3) is 0 Å². The summed E-state index contributed by atoms with van der Waals surface area (Å²) in [5, 5.41) is 11.3. The van der Waals surface area contributed by atoms with E-state index in [1.807, 2.05) is 6.21 Å². The smallest absolute Gasteiger partial charge is 0.153 e. The molecule has 3 aliphatic rings. The topological polar surface area (TPSA) is 87.6 Å². The fraction of sp³-hybridized carbons (Fsp3) is 0.722. The number of thioether (sulfide) groups is 1. The van der Waals surface area contributed by atoms with E-state index >= 15 is 0 Å². The van der Waals surface area contributed by atoms with E-state index in [2.05, 4.69) is 31.6 Å². The van der Waals surface area contributed by atoms with Crippen LogP contribution in [0.2, 0.25) is 0 Å². The number of aliphatic hydroxyl groups excluding tert-OH is 1. The SMILES string of the molecule is Nc1ncnc2c1N=CC2CN1C[C@H](CSC2CCCCC2)[C@@H](O)C1. The first-order valence-corrected chi connectivity index (χ1v) is 10.4. The predicted molar refractivity (Wildman–Crippen MR) is 103 cm³/mol. The molecule has 0 radical (unpaired) electrons. The lowest BCUT2D eigenvalue weighted by atomic mass is 10.0. The maximum Gasteiger partial charge on any atom is 0.153 e. The second-order valence-electron chi connectivity index (χ2n) is 7.52. The van der Waals surface area contributed by atoms with Crippen molar-refractivity contribution in [2.24, 2.45) is 10.9 Å². The number of aromatic nitrogens is 2. The van der Waals surface area contributed by atoms with E-state index in [0.717, 1.165) is 42.0 Å². The number of nitrogens with zero attached hydrogens (tertiary/aromatic N) is 4. The van der Waals surface area contributed by atoms with Gasteiger partial charge in [-0.1, -0.05) is 19.3 Å². The van der Waals surface area contributed by atoms with Crippen LogP contribution in [0, 0.1) is 5.92 Å². The molecule has 1 aromatic rings. The molecule has 1 unspecified atom stereocenters. The molecule has 0 bridgehead atoms. The maximum absolute atomic E-state index is 10.5. The molecular weight excluding hydrogens is 334 g/mol. The Morgan fingerprint density at radius 3 is 2.88 bits per heavy atom. The number of β-amino-alcohol motifs (C(OH)–C–C–N with tert-alkyl or cyclic N) is 1. The van der Waals surface area contributed by atoms with Gasteiger partial charge in [-0.2, -0.15) is 11.8 Å². The van der Waals surface area contributed by atoms with Crippen LogP contribution in [0.3, 0.4) is 0 Å². The highest BCUT2D eigenvalue weighted by molar-refractivity contribution is 7.99. The highest BCUT2D eigenvalue weighted by Crippen LogP contribution is 2.36. The Bertz CT molecular complexity index is 634. The summed E-state index contributed by atoms with van der Waals surface area (Å²) in [5.41, 5.74) is 7.51. The fourth-order valence-corrected chi connectivity index (χ4v) is 5.72. The summed E-state index contributed by atoms with van der Waals surface area (Å²) in [6.07, 6.45) is 10.1. The van der Waals surface area contributed by atoms with Crippen molar-refractivity contribution in [1.29, 1.82) is 0 Å². The number of aliphatic hydroxyl groups is 1. The minimum Gasteiger partial charge on any atom is -0.391 e. The van der Waals surface area contributed by atoms with Crippen LogP contribution in [0.15, 0.2) is 11.3 Å². The molecule has 2 aliphatic heterocycles. The van der Waals surface area contributed by atoms with Crippen LogP contribution in [0.4, 0.5) is 11.5 Å². The summed E-state index contributed by atoms with van der Waals surface area (Å²) in [7, 11) is 0. The van der Waals surface area contributed by atoms with Gasteiger partial charge >= 0.3 is 0 Å². The van der Waals surface area contributed by atoms with E-state index in [1.165, 1.54) is 38.4 Å². The minimum absolute atomic E-state index is 0.150. The second-order valence-corrected chi connectivity index (χ2v) is 8.85. The van der Waals surface area contributed by atoms with Gasteiger partial charge in [0.1, 0.15) is 12.0 Å².